The van der Waals surface area contributed by atoms with E-state index in [4.69, 9.17) is 18.0 Å². The number of halogens is 1. The van der Waals surface area contributed by atoms with Crippen LogP contribution in [-0.2, 0) is 6.54 Å². The fraction of sp³-hybridized carbons (Fsp3) is 0.500. The Kier molecular flexibility index (Phi) is 5.69. The first-order valence-corrected chi connectivity index (χ1v) is 6.65. The van der Waals surface area contributed by atoms with Crippen LogP contribution in [0.3, 0.4) is 0 Å². The minimum Gasteiger partial charge on any atom is -0.389 e. The molecule has 0 bridgehead atoms. The third kappa shape index (κ3) is 4.03. The predicted molar refractivity (Wildman–Crippen MR) is 78.1 cm³/mol. The van der Waals surface area contributed by atoms with Crippen LogP contribution in [0.4, 0.5) is 4.39 Å². The molecule has 4 heteroatoms. The Hall–Kier alpha value is -1.00. The van der Waals surface area contributed by atoms with Crippen LogP contribution >= 0.6 is 12.2 Å². The Morgan fingerprint density at radius 1 is 1.50 bits per heavy atom. The van der Waals surface area contributed by atoms with Gasteiger partial charge in [-0.05, 0) is 38.1 Å². The Morgan fingerprint density at radius 2 is 2.17 bits per heavy atom. The monoisotopic (exact) mass is 268 g/mol. The molecule has 1 rings (SSSR count). The summed E-state index contributed by atoms with van der Waals surface area (Å²) in [6.45, 7) is 5.14. The first-order chi connectivity index (χ1) is 8.45. The number of thiocarbonyl (C=S) groups is 1. The molecule has 100 valence electrons. The van der Waals surface area contributed by atoms with Gasteiger partial charge in [0.1, 0.15) is 10.8 Å². The second-order valence-corrected chi connectivity index (χ2v) is 5.17. The molecule has 1 unspecified atom stereocenters. The van der Waals surface area contributed by atoms with Gasteiger partial charge in [-0.2, -0.15) is 0 Å². The lowest BCUT2D eigenvalue weighted by Crippen LogP contribution is -2.28. The molecule has 0 aliphatic carbocycles. The number of rotatable bonds is 6. The Balaban J connectivity index is 2.79. The van der Waals surface area contributed by atoms with Gasteiger partial charge in [0, 0.05) is 18.2 Å². The molecule has 0 aromatic heterocycles. The second-order valence-electron chi connectivity index (χ2n) is 4.73. The van der Waals surface area contributed by atoms with Crippen molar-refractivity contribution >= 4 is 17.2 Å². The van der Waals surface area contributed by atoms with Crippen molar-refractivity contribution in [1.82, 2.24) is 4.90 Å². The fourth-order valence-corrected chi connectivity index (χ4v) is 2.10. The lowest BCUT2D eigenvalue weighted by atomic mass is 10.1. The van der Waals surface area contributed by atoms with Crippen molar-refractivity contribution in [2.45, 2.75) is 39.3 Å². The van der Waals surface area contributed by atoms with E-state index in [1.54, 1.807) is 12.1 Å². The summed E-state index contributed by atoms with van der Waals surface area (Å²) in [5.41, 5.74) is 6.86. The second kappa shape index (κ2) is 6.81. The molecular formula is C14H21FN2S. The maximum atomic E-state index is 13.5. The maximum absolute atomic E-state index is 13.5. The van der Waals surface area contributed by atoms with Crippen molar-refractivity contribution in [3.63, 3.8) is 0 Å². The zero-order valence-electron chi connectivity index (χ0n) is 11.2. The smallest absolute Gasteiger partial charge is 0.133 e. The molecule has 0 aliphatic rings. The highest BCUT2D eigenvalue weighted by Crippen LogP contribution is 2.14. The highest BCUT2D eigenvalue weighted by atomic mass is 32.1. The Morgan fingerprint density at radius 3 is 2.72 bits per heavy atom. The first-order valence-electron chi connectivity index (χ1n) is 6.24. The molecule has 0 spiro atoms. The lowest BCUT2D eigenvalue weighted by molar-refractivity contribution is 0.237. The number of hydrogen-bond donors (Lipinski definition) is 1. The summed E-state index contributed by atoms with van der Waals surface area (Å²) in [7, 11) is 2.07. The van der Waals surface area contributed by atoms with Gasteiger partial charge in [0.2, 0.25) is 0 Å². The number of benzene rings is 1. The van der Waals surface area contributed by atoms with Gasteiger partial charge in [0.05, 0.1) is 0 Å². The normalized spacial score (nSPS) is 12.7. The van der Waals surface area contributed by atoms with Crippen molar-refractivity contribution in [3.05, 3.63) is 35.1 Å². The minimum atomic E-state index is -0.351. The molecule has 0 radical (unpaired) electrons. The third-order valence-corrected chi connectivity index (χ3v) is 3.41. The molecule has 2 N–H and O–H groups in total. The zero-order chi connectivity index (χ0) is 13.7. The molecule has 2 nitrogen and oxygen atoms in total. The van der Waals surface area contributed by atoms with Gasteiger partial charge in [0.25, 0.3) is 0 Å². The van der Waals surface area contributed by atoms with Gasteiger partial charge >= 0.3 is 0 Å². The van der Waals surface area contributed by atoms with Crippen LogP contribution in [0.25, 0.3) is 0 Å². The highest BCUT2D eigenvalue weighted by molar-refractivity contribution is 7.80. The van der Waals surface area contributed by atoms with Crippen LogP contribution in [0.2, 0.25) is 0 Å². The van der Waals surface area contributed by atoms with Crippen molar-refractivity contribution in [2.75, 3.05) is 7.05 Å². The van der Waals surface area contributed by atoms with Crippen LogP contribution < -0.4 is 5.73 Å². The van der Waals surface area contributed by atoms with E-state index in [0.717, 1.165) is 24.9 Å². The van der Waals surface area contributed by atoms with E-state index in [2.05, 4.69) is 25.8 Å². The minimum absolute atomic E-state index is 0.110. The molecule has 0 aliphatic heterocycles. The SMILES string of the molecule is CCCC(C)N(C)Cc1ccc(F)c(C(N)=S)c1. The number of nitrogens with zero attached hydrogens (tertiary/aromatic N) is 1. The van der Waals surface area contributed by atoms with Crippen LogP contribution in [-0.4, -0.2) is 23.0 Å². The van der Waals surface area contributed by atoms with Gasteiger partial charge in [0.15, 0.2) is 0 Å². The summed E-state index contributed by atoms with van der Waals surface area (Å²) in [5.74, 6) is -0.351. The quantitative estimate of drug-likeness (QED) is 0.804. The highest BCUT2D eigenvalue weighted by Gasteiger charge is 2.11. The average Bonchev–Trinajstić information content (AvgIpc) is 2.31. The van der Waals surface area contributed by atoms with E-state index in [0.29, 0.717) is 11.6 Å². The van der Waals surface area contributed by atoms with Gasteiger partial charge in [-0.3, -0.25) is 4.90 Å². The Bertz CT molecular complexity index is 420. The summed E-state index contributed by atoms with van der Waals surface area (Å²) in [6.07, 6.45) is 2.31. The summed E-state index contributed by atoms with van der Waals surface area (Å²) >= 11 is 4.84. The van der Waals surface area contributed by atoms with E-state index in [1.807, 2.05) is 0 Å². The van der Waals surface area contributed by atoms with Crippen molar-refractivity contribution in [3.8, 4) is 0 Å². The predicted octanol–water partition coefficient (Wildman–Crippen LogP) is 3.08. The van der Waals surface area contributed by atoms with E-state index in [-0.39, 0.29) is 10.8 Å². The molecule has 0 saturated carbocycles. The topological polar surface area (TPSA) is 29.3 Å². The lowest BCUT2D eigenvalue weighted by Gasteiger charge is -2.24. The number of hydrogen-bond acceptors (Lipinski definition) is 2. The molecule has 1 aromatic carbocycles. The van der Waals surface area contributed by atoms with Crippen molar-refractivity contribution < 1.29 is 4.39 Å². The van der Waals surface area contributed by atoms with E-state index in [1.165, 1.54) is 6.07 Å². The van der Waals surface area contributed by atoms with Gasteiger partial charge in [-0.15, -0.1) is 0 Å². The van der Waals surface area contributed by atoms with Crippen molar-refractivity contribution in [2.24, 2.45) is 5.73 Å². The van der Waals surface area contributed by atoms with Crippen LogP contribution in [0.5, 0.6) is 0 Å². The summed E-state index contributed by atoms with van der Waals surface area (Å²) in [4.78, 5) is 2.36. The van der Waals surface area contributed by atoms with E-state index >= 15 is 0 Å². The summed E-state index contributed by atoms with van der Waals surface area (Å²) in [6, 6.07) is 5.47. The fourth-order valence-electron chi connectivity index (χ4n) is 1.94. The first kappa shape index (κ1) is 15.1. The van der Waals surface area contributed by atoms with Gasteiger partial charge in [-0.1, -0.05) is 31.6 Å². The molecule has 0 amide bonds. The molecule has 0 saturated heterocycles. The summed E-state index contributed by atoms with van der Waals surface area (Å²) < 4.78 is 13.5. The zero-order valence-corrected chi connectivity index (χ0v) is 12.1. The molecule has 0 heterocycles. The molecule has 1 atom stereocenters. The molecule has 0 fully saturated rings. The van der Waals surface area contributed by atoms with Gasteiger partial charge in [-0.25, -0.2) is 4.39 Å². The van der Waals surface area contributed by atoms with Crippen LogP contribution in [0.15, 0.2) is 18.2 Å². The van der Waals surface area contributed by atoms with E-state index in [9.17, 15) is 4.39 Å². The van der Waals surface area contributed by atoms with Crippen LogP contribution in [0, 0.1) is 5.82 Å². The maximum Gasteiger partial charge on any atom is 0.133 e. The average molecular weight is 268 g/mol. The molecular weight excluding hydrogens is 247 g/mol. The largest absolute Gasteiger partial charge is 0.389 e. The van der Waals surface area contributed by atoms with Gasteiger partial charge < -0.3 is 5.73 Å². The number of nitrogens with two attached hydrogens (primary N) is 1. The molecule has 18 heavy (non-hydrogen) atoms. The molecule has 1 aromatic rings. The Labute approximate surface area is 114 Å². The third-order valence-electron chi connectivity index (χ3n) is 3.19. The van der Waals surface area contributed by atoms with Crippen molar-refractivity contribution in [1.29, 1.82) is 0 Å². The summed E-state index contributed by atoms with van der Waals surface area (Å²) in [5, 5.41) is 0. The van der Waals surface area contributed by atoms with Crippen LogP contribution in [0.1, 0.15) is 37.8 Å². The standard InChI is InChI=1S/C14H21FN2S/c1-4-5-10(2)17(3)9-11-6-7-13(15)12(8-11)14(16)18/h6-8,10H,4-5,9H2,1-3H3,(H2,16,18). The van der Waals surface area contributed by atoms with E-state index < -0.39 is 0 Å².